The van der Waals surface area contributed by atoms with Crippen LogP contribution in [0.4, 0.5) is 0 Å². The number of pyridine rings is 1. The zero-order valence-corrected chi connectivity index (χ0v) is 16.3. The van der Waals surface area contributed by atoms with Gasteiger partial charge in [0.05, 0.1) is 12.0 Å². The Labute approximate surface area is 167 Å². The molecular weight excluding hydrogens is 370 g/mol. The second kappa shape index (κ2) is 7.73. The number of thiophene rings is 1. The molecular formula is C22H21N3O2S. The molecule has 28 heavy (non-hydrogen) atoms. The van der Waals surface area contributed by atoms with E-state index in [4.69, 9.17) is 9.26 Å². The molecule has 0 amide bonds. The molecule has 0 fully saturated rings. The summed E-state index contributed by atoms with van der Waals surface area (Å²) < 4.78 is 11.3. The highest BCUT2D eigenvalue weighted by Crippen LogP contribution is 2.29. The SMILES string of the molecule is c1cc(OCCCN2CCc3sccc3C2)cc(-c2noc3ncccc23)c1. The monoisotopic (exact) mass is 391 g/mol. The third kappa shape index (κ3) is 3.53. The fourth-order valence-electron chi connectivity index (χ4n) is 3.70. The van der Waals surface area contributed by atoms with E-state index in [1.165, 1.54) is 12.0 Å². The van der Waals surface area contributed by atoms with Gasteiger partial charge in [0.1, 0.15) is 11.4 Å². The largest absolute Gasteiger partial charge is 0.494 e. The fourth-order valence-corrected chi connectivity index (χ4v) is 4.59. The van der Waals surface area contributed by atoms with Crippen molar-refractivity contribution in [1.82, 2.24) is 15.0 Å². The van der Waals surface area contributed by atoms with Crippen LogP contribution in [0.2, 0.25) is 0 Å². The van der Waals surface area contributed by atoms with Crippen molar-refractivity contribution in [2.24, 2.45) is 0 Å². The Bertz CT molecular complexity index is 1090. The molecule has 4 heterocycles. The van der Waals surface area contributed by atoms with Gasteiger partial charge in [-0.2, -0.15) is 0 Å². The van der Waals surface area contributed by atoms with E-state index in [1.54, 1.807) is 11.1 Å². The molecule has 6 heteroatoms. The summed E-state index contributed by atoms with van der Waals surface area (Å²) in [5.41, 5.74) is 3.83. The van der Waals surface area contributed by atoms with Gasteiger partial charge in [-0.25, -0.2) is 4.98 Å². The van der Waals surface area contributed by atoms with Crippen molar-refractivity contribution in [1.29, 1.82) is 0 Å². The molecule has 0 N–H and O–H groups in total. The van der Waals surface area contributed by atoms with Gasteiger partial charge in [-0.05, 0) is 54.1 Å². The average molecular weight is 391 g/mol. The van der Waals surface area contributed by atoms with Crippen molar-refractivity contribution in [2.45, 2.75) is 19.4 Å². The molecule has 3 aromatic heterocycles. The minimum Gasteiger partial charge on any atom is -0.494 e. The lowest BCUT2D eigenvalue weighted by Gasteiger charge is -2.26. The number of rotatable bonds is 6. The molecule has 5 rings (SSSR count). The van der Waals surface area contributed by atoms with Crippen LogP contribution in [-0.4, -0.2) is 34.7 Å². The molecule has 1 aromatic carbocycles. The lowest BCUT2D eigenvalue weighted by atomic mass is 10.1. The van der Waals surface area contributed by atoms with Crippen molar-refractivity contribution in [3.8, 4) is 17.0 Å². The number of benzene rings is 1. The van der Waals surface area contributed by atoms with E-state index in [0.29, 0.717) is 12.3 Å². The normalized spacial score (nSPS) is 14.3. The summed E-state index contributed by atoms with van der Waals surface area (Å²) in [6.45, 7) is 3.99. The van der Waals surface area contributed by atoms with Gasteiger partial charge >= 0.3 is 0 Å². The zero-order chi connectivity index (χ0) is 18.8. The van der Waals surface area contributed by atoms with Crippen molar-refractivity contribution in [2.75, 3.05) is 19.7 Å². The second-order valence-electron chi connectivity index (χ2n) is 7.01. The van der Waals surface area contributed by atoms with Gasteiger partial charge in [0.25, 0.3) is 5.71 Å². The van der Waals surface area contributed by atoms with Gasteiger partial charge in [0.2, 0.25) is 0 Å². The van der Waals surface area contributed by atoms with Crippen LogP contribution in [0.5, 0.6) is 5.75 Å². The summed E-state index contributed by atoms with van der Waals surface area (Å²) in [5.74, 6) is 0.858. The molecule has 0 aliphatic carbocycles. The number of aromatic nitrogens is 2. The minimum atomic E-state index is 0.555. The molecule has 0 saturated carbocycles. The summed E-state index contributed by atoms with van der Waals surface area (Å²) in [6.07, 6.45) is 3.90. The van der Waals surface area contributed by atoms with Crippen LogP contribution in [0.25, 0.3) is 22.4 Å². The van der Waals surface area contributed by atoms with E-state index in [9.17, 15) is 0 Å². The molecule has 0 saturated heterocycles. The molecule has 5 nitrogen and oxygen atoms in total. The van der Waals surface area contributed by atoms with Crippen molar-refractivity contribution < 1.29 is 9.26 Å². The van der Waals surface area contributed by atoms with Gasteiger partial charge in [-0.15, -0.1) is 11.3 Å². The molecule has 0 radical (unpaired) electrons. The Balaban J connectivity index is 1.18. The first-order valence-corrected chi connectivity index (χ1v) is 10.5. The smallest absolute Gasteiger partial charge is 0.258 e. The first-order valence-electron chi connectivity index (χ1n) is 9.58. The van der Waals surface area contributed by atoms with E-state index in [0.717, 1.165) is 48.4 Å². The lowest BCUT2D eigenvalue weighted by Crippen LogP contribution is -2.31. The van der Waals surface area contributed by atoms with Crippen LogP contribution in [0.15, 0.2) is 58.6 Å². The lowest BCUT2D eigenvalue weighted by molar-refractivity contribution is 0.222. The number of hydrogen-bond acceptors (Lipinski definition) is 6. The zero-order valence-electron chi connectivity index (χ0n) is 15.5. The van der Waals surface area contributed by atoms with Crippen molar-refractivity contribution in [3.05, 3.63) is 64.5 Å². The number of nitrogens with zero attached hydrogens (tertiary/aromatic N) is 3. The Morgan fingerprint density at radius 3 is 3.18 bits per heavy atom. The summed E-state index contributed by atoms with van der Waals surface area (Å²) in [6, 6.07) is 14.1. The highest BCUT2D eigenvalue weighted by atomic mass is 32.1. The molecule has 0 spiro atoms. The summed E-state index contributed by atoms with van der Waals surface area (Å²) in [7, 11) is 0. The van der Waals surface area contributed by atoms with E-state index >= 15 is 0 Å². The number of ether oxygens (including phenoxy) is 1. The topological polar surface area (TPSA) is 51.4 Å². The molecule has 0 unspecified atom stereocenters. The van der Waals surface area contributed by atoms with E-state index < -0.39 is 0 Å². The number of fused-ring (bicyclic) bond motifs is 2. The third-order valence-electron chi connectivity index (χ3n) is 5.13. The standard InChI is InChI=1S/C22H21N3O2S/c1-4-16(21-19-6-2-9-23-22(19)27-24-21)14-18(5-1)26-12-3-10-25-11-7-20-17(15-25)8-13-28-20/h1-2,4-6,8-9,13-14H,3,7,10-12,15H2. The maximum absolute atomic E-state index is 6.00. The minimum absolute atomic E-state index is 0.555. The van der Waals surface area contributed by atoms with Gasteiger partial charge in [-0.3, -0.25) is 4.90 Å². The van der Waals surface area contributed by atoms with Crippen molar-refractivity contribution in [3.63, 3.8) is 0 Å². The van der Waals surface area contributed by atoms with Crippen LogP contribution in [0, 0.1) is 0 Å². The second-order valence-corrected chi connectivity index (χ2v) is 8.01. The van der Waals surface area contributed by atoms with E-state index in [2.05, 4.69) is 26.5 Å². The maximum Gasteiger partial charge on any atom is 0.258 e. The van der Waals surface area contributed by atoms with Gasteiger partial charge in [0.15, 0.2) is 0 Å². The maximum atomic E-state index is 6.00. The predicted octanol–water partition coefficient (Wildman–Crippen LogP) is 4.78. The molecule has 1 aliphatic heterocycles. The summed E-state index contributed by atoms with van der Waals surface area (Å²) in [5, 5.41) is 7.30. The Morgan fingerprint density at radius 1 is 1.18 bits per heavy atom. The predicted molar refractivity (Wildman–Crippen MR) is 111 cm³/mol. The Morgan fingerprint density at radius 2 is 2.18 bits per heavy atom. The highest BCUT2D eigenvalue weighted by molar-refractivity contribution is 7.10. The summed E-state index contributed by atoms with van der Waals surface area (Å²) in [4.78, 5) is 8.27. The van der Waals surface area contributed by atoms with Gasteiger partial charge < -0.3 is 9.26 Å². The Hall–Kier alpha value is -2.70. The summed E-state index contributed by atoms with van der Waals surface area (Å²) >= 11 is 1.89. The molecule has 1 aliphatic rings. The van der Waals surface area contributed by atoms with E-state index in [-0.39, 0.29) is 0 Å². The van der Waals surface area contributed by atoms with Crippen LogP contribution in [0.1, 0.15) is 16.9 Å². The molecule has 0 bridgehead atoms. The fraction of sp³-hybridized carbons (Fsp3) is 0.273. The quantitative estimate of drug-likeness (QED) is 0.443. The van der Waals surface area contributed by atoms with Crippen LogP contribution >= 0.6 is 11.3 Å². The third-order valence-corrected chi connectivity index (χ3v) is 6.15. The van der Waals surface area contributed by atoms with Crippen LogP contribution < -0.4 is 4.74 Å². The van der Waals surface area contributed by atoms with E-state index in [1.807, 2.05) is 47.7 Å². The first-order chi connectivity index (χ1) is 13.9. The Kier molecular flexibility index (Phi) is 4.81. The molecule has 4 aromatic rings. The molecule has 142 valence electrons. The highest BCUT2D eigenvalue weighted by Gasteiger charge is 2.16. The first kappa shape index (κ1) is 17.4. The van der Waals surface area contributed by atoms with Gasteiger partial charge in [-0.1, -0.05) is 17.3 Å². The van der Waals surface area contributed by atoms with Gasteiger partial charge in [0, 0.05) is 36.3 Å². The molecule has 0 atom stereocenters. The van der Waals surface area contributed by atoms with Crippen LogP contribution in [0.3, 0.4) is 0 Å². The van der Waals surface area contributed by atoms with Crippen molar-refractivity contribution >= 4 is 22.4 Å². The average Bonchev–Trinajstić information content (AvgIpc) is 3.38. The van der Waals surface area contributed by atoms with Crippen LogP contribution in [-0.2, 0) is 13.0 Å². The number of hydrogen-bond donors (Lipinski definition) is 0.